The molecule has 218 valence electrons. The van der Waals surface area contributed by atoms with Crippen LogP contribution in [0.3, 0.4) is 0 Å². The van der Waals surface area contributed by atoms with Crippen molar-refractivity contribution in [3.8, 4) is 17.4 Å². The summed E-state index contributed by atoms with van der Waals surface area (Å²) in [5.74, 6) is 1.66. The molecular formula is C32H40N4O5. The van der Waals surface area contributed by atoms with Gasteiger partial charge in [-0.2, -0.15) is 0 Å². The summed E-state index contributed by atoms with van der Waals surface area (Å²) < 4.78 is 17.0. The highest BCUT2D eigenvalue weighted by atomic mass is 16.5. The van der Waals surface area contributed by atoms with Crippen LogP contribution in [-0.4, -0.2) is 79.5 Å². The summed E-state index contributed by atoms with van der Waals surface area (Å²) in [5, 5.41) is 17.3. The third kappa shape index (κ3) is 7.55. The number of nitrogens with zero attached hydrogens (tertiary/aromatic N) is 2. The number of hydrogen-bond donors (Lipinski definition) is 3. The van der Waals surface area contributed by atoms with Crippen LogP contribution >= 0.6 is 0 Å². The number of aliphatic hydroxyl groups is 1. The molecule has 1 aromatic heterocycles. The predicted octanol–water partition coefficient (Wildman–Crippen LogP) is 2.99. The predicted molar refractivity (Wildman–Crippen MR) is 157 cm³/mol. The zero-order chi connectivity index (χ0) is 28.6. The molecule has 0 spiro atoms. The number of hydrogen-bond acceptors (Lipinski definition) is 8. The molecule has 1 atom stereocenters. The highest BCUT2D eigenvalue weighted by molar-refractivity contribution is 5.94. The average molecular weight is 561 g/mol. The summed E-state index contributed by atoms with van der Waals surface area (Å²) in [6.45, 7) is 2.95. The number of aliphatic hydroxyl groups excluding tert-OH is 1. The van der Waals surface area contributed by atoms with Gasteiger partial charge in [0.1, 0.15) is 17.6 Å². The molecule has 1 aliphatic carbocycles. The van der Waals surface area contributed by atoms with Gasteiger partial charge in [-0.1, -0.05) is 30.3 Å². The minimum Gasteiger partial charge on any atom is -0.497 e. The van der Waals surface area contributed by atoms with E-state index in [1.807, 2.05) is 18.2 Å². The Morgan fingerprint density at radius 1 is 1.07 bits per heavy atom. The largest absolute Gasteiger partial charge is 0.497 e. The number of fused-ring (bicyclic) bond motifs is 1. The highest BCUT2D eigenvalue weighted by Crippen LogP contribution is 2.30. The van der Waals surface area contributed by atoms with Gasteiger partial charge in [0.05, 0.1) is 20.3 Å². The summed E-state index contributed by atoms with van der Waals surface area (Å²) >= 11 is 0. The second-order valence-electron chi connectivity index (χ2n) is 10.8. The van der Waals surface area contributed by atoms with Crippen molar-refractivity contribution in [2.45, 2.75) is 50.5 Å². The molecule has 0 saturated carbocycles. The van der Waals surface area contributed by atoms with E-state index >= 15 is 0 Å². The maximum Gasteiger partial charge on any atom is 0.251 e. The van der Waals surface area contributed by atoms with Gasteiger partial charge in [-0.05, 0) is 62.0 Å². The van der Waals surface area contributed by atoms with Gasteiger partial charge in [0, 0.05) is 55.1 Å². The first-order chi connectivity index (χ1) is 20.0. The van der Waals surface area contributed by atoms with Gasteiger partial charge in [-0.25, -0.2) is 4.98 Å². The SMILES string of the molecule is COc1ccc(CN(CC(O)CNC(=O)c2ccnc(OC3CCNCC3)c2)C2Cc3ccccc3C2)c(OC)c1. The Hall–Kier alpha value is -3.66. The number of ether oxygens (including phenoxy) is 3. The Kier molecular flexibility index (Phi) is 9.71. The summed E-state index contributed by atoms with van der Waals surface area (Å²) in [5.41, 5.74) is 4.15. The van der Waals surface area contributed by atoms with Crippen LogP contribution in [0.15, 0.2) is 60.8 Å². The Labute approximate surface area is 241 Å². The van der Waals surface area contributed by atoms with Crippen molar-refractivity contribution in [3.05, 3.63) is 83.0 Å². The second-order valence-corrected chi connectivity index (χ2v) is 10.8. The lowest BCUT2D eigenvalue weighted by atomic mass is 10.1. The number of methoxy groups -OCH3 is 2. The van der Waals surface area contributed by atoms with E-state index in [4.69, 9.17) is 14.2 Å². The molecular weight excluding hydrogens is 520 g/mol. The maximum atomic E-state index is 13.0. The zero-order valence-electron chi connectivity index (χ0n) is 23.8. The molecule has 41 heavy (non-hydrogen) atoms. The number of piperidine rings is 1. The second kappa shape index (κ2) is 13.8. The molecule has 1 saturated heterocycles. The molecule has 3 N–H and O–H groups in total. The Morgan fingerprint density at radius 3 is 2.54 bits per heavy atom. The van der Waals surface area contributed by atoms with E-state index in [1.54, 1.807) is 32.5 Å². The fraction of sp³-hybridized carbons (Fsp3) is 0.438. The van der Waals surface area contributed by atoms with E-state index in [-0.39, 0.29) is 24.6 Å². The molecule has 1 aliphatic heterocycles. The van der Waals surface area contributed by atoms with Gasteiger partial charge < -0.3 is 30.0 Å². The van der Waals surface area contributed by atoms with E-state index in [0.717, 1.165) is 55.8 Å². The van der Waals surface area contributed by atoms with E-state index < -0.39 is 6.10 Å². The molecule has 9 nitrogen and oxygen atoms in total. The lowest BCUT2D eigenvalue weighted by molar-refractivity contribution is 0.0747. The fourth-order valence-corrected chi connectivity index (χ4v) is 5.68. The van der Waals surface area contributed by atoms with Crippen LogP contribution in [0.25, 0.3) is 0 Å². The number of amides is 1. The molecule has 3 aromatic rings. The van der Waals surface area contributed by atoms with Crippen molar-refractivity contribution in [1.29, 1.82) is 0 Å². The van der Waals surface area contributed by atoms with Gasteiger partial charge >= 0.3 is 0 Å². The van der Waals surface area contributed by atoms with Gasteiger partial charge in [-0.3, -0.25) is 9.69 Å². The molecule has 0 radical (unpaired) electrons. The summed E-state index contributed by atoms with van der Waals surface area (Å²) in [6, 6.07) is 17.9. The number of carbonyl (C=O) groups excluding carboxylic acids is 1. The van der Waals surface area contributed by atoms with Crippen LogP contribution in [0.2, 0.25) is 0 Å². The van der Waals surface area contributed by atoms with E-state index in [9.17, 15) is 9.90 Å². The maximum absolute atomic E-state index is 13.0. The molecule has 2 heterocycles. The smallest absolute Gasteiger partial charge is 0.251 e. The lowest BCUT2D eigenvalue weighted by Crippen LogP contribution is -2.44. The van der Waals surface area contributed by atoms with Crippen molar-refractivity contribution in [3.63, 3.8) is 0 Å². The number of aromatic nitrogens is 1. The highest BCUT2D eigenvalue weighted by Gasteiger charge is 2.29. The molecule has 1 amide bonds. The zero-order valence-corrected chi connectivity index (χ0v) is 23.8. The first-order valence-electron chi connectivity index (χ1n) is 14.3. The van der Waals surface area contributed by atoms with Crippen molar-refractivity contribution >= 4 is 5.91 Å². The minimum absolute atomic E-state index is 0.0981. The molecule has 2 aromatic carbocycles. The first-order valence-corrected chi connectivity index (χ1v) is 14.3. The van der Waals surface area contributed by atoms with Gasteiger partial charge in [0.2, 0.25) is 5.88 Å². The molecule has 5 rings (SSSR count). The third-order valence-corrected chi connectivity index (χ3v) is 7.93. The van der Waals surface area contributed by atoms with Gasteiger partial charge in [0.25, 0.3) is 5.91 Å². The number of benzene rings is 2. The van der Waals surface area contributed by atoms with E-state index in [2.05, 4.69) is 44.8 Å². The minimum atomic E-state index is -0.765. The summed E-state index contributed by atoms with van der Waals surface area (Å²) in [4.78, 5) is 19.5. The standard InChI is InChI=1S/C32H40N4O5/c1-39-29-8-7-25(30(18-29)40-2)20-36(26-15-22-5-3-4-6-23(22)16-26)21-27(37)19-35-32(38)24-9-14-34-31(17-24)41-28-10-12-33-13-11-28/h3-9,14,17-18,26-28,33,37H,10-13,15-16,19-21H2,1-2H3,(H,35,38). The number of pyridine rings is 1. The number of rotatable bonds is 12. The topological polar surface area (TPSA) is 105 Å². The van der Waals surface area contributed by atoms with Crippen LogP contribution in [0, 0.1) is 0 Å². The molecule has 9 heteroatoms. The monoisotopic (exact) mass is 560 g/mol. The van der Waals surface area contributed by atoms with Crippen LogP contribution in [0.4, 0.5) is 0 Å². The lowest BCUT2D eigenvalue weighted by Gasteiger charge is -2.31. The molecule has 1 fully saturated rings. The van der Waals surface area contributed by atoms with E-state index in [1.165, 1.54) is 11.1 Å². The van der Waals surface area contributed by atoms with E-state index in [0.29, 0.717) is 24.5 Å². The Balaban J connectivity index is 1.23. The van der Waals surface area contributed by atoms with Crippen LogP contribution in [0.1, 0.15) is 39.9 Å². The van der Waals surface area contributed by atoms with Crippen molar-refractivity contribution in [2.75, 3.05) is 40.4 Å². The summed E-state index contributed by atoms with van der Waals surface area (Å²) in [6.07, 6.45) is 4.56. The molecule has 0 bridgehead atoms. The number of carbonyl (C=O) groups is 1. The normalized spacial score (nSPS) is 16.3. The van der Waals surface area contributed by atoms with Crippen molar-refractivity contribution in [1.82, 2.24) is 20.5 Å². The van der Waals surface area contributed by atoms with Crippen LogP contribution in [0.5, 0.6) is 17.4 Å². The number of nitrogens with one attached hydrogen (secondary N) is 2. The fourth-order valence-electron chi connectivity index (χ4n) is 5.68. The van der Waals surface area contributed by atoms with Gasteiger partial charge in [0.15, 0.2) is 0 Å². The molecule has 1 unspecified atom stereocenters. The van der Waals surface area contributed by atoms with Crippen molar-refractivity contribution in [2.24, 2.45) is 0 Å². The van der Waals surface area contributed by atoms with Crippen LogP contribution in [-0.2, 0) is 19.4 Å². The first kappa shape index (κ1) is 28.9. The van der Waals surface area contributed by atoms with Crippen molar-refractivity contribution < 1.29 is 24.1 Å². The van der Waals surface area contributed by atoms with Gasteiger partial charge in [-0.15, -0.1) is 0 Å². The quantitative estimate of drug-likeness (QED) is 0.311. The molecule has 2 aliphatic rings. The summed E-state index contributed by atoms with van der Waals surface area (Å²) in [7, 11) is 3.29. The Morgan fingerprint density at radius 2 is 1.83 bits per heavy atom. The third-order valence-electron chi connectivity index (χ3n) is 7.93. The van der Waals surface area contributed by atoms with Crippen LogP contribution < -0.4 is 24.8 Å². The Bertz CT molecular complexity index is 1290. The average Bonchev–Trinajstić information content (AvgIpc) is 3.45.